The topological polar surface area (TPSA) is 73.8 Å². The van der Waals surface area contributed by atoms with E-state index in [1.807, 2.05) is 30.3 Å². The molecule has 0 aliphatic rings. The standard InChI is InChI=1S/C18H20ClN5O2/c1-12(19)9-10-24-14-15(22(2)18(26)23(3)16(14)25)21-17(24)20-11-13-7-5-4-6-8-13/h4-9H,10-11H2,1-3H3,(H,20,21)/b12-9+. The van der Waals surface area contributed by atoms with E-state index >= 15 is 0 Å². The lowest BCUT2D eigenvalue weighted by Gasteiger charge is -2.09. The number of halogens is 1. The van der Waals surface area contributed by atoms with Crippen LogP contribution in [0.15, 0.2) is 51.0 Å². The lowest BCUT2D eigenvalue weighted by atomic mass is 10.2. The number of hydrogen-bond acceptors (Lipinski definition) is 4. The lowest BCUT2D eigenvalue weighted by molar-refractivity contribution is 0.703. The van der Waals surface area contributed by atoms with Gasteiger partial charge in [0.2, 0.25) is 5.95 Å². The summed E-state index contributed by atoms with van der Waals surface area (Å²) in [4.78, 5) is 29.4. The van der Waals surface area contributed by atoms with Gasteiger partial charge in [-0.3, -0.25) is 13.9 Å². The summed E-state index contributed by atoms with van der Waals surface area (Å²) in [7, 11) is 3.06. The Morgan fingerprint density at radius 3 is 2.54 bits per heavy atom. The number of aromatic nitrogens is 4. The molecular formula is C18H20ClN5O2. The molecule has 0 bridgehead atoms. The lowest BCUT2D eigenvalue weighted by Crippen LogP contribution is -2.37. The summed E-state index contributed by atoms with van der Waals surface area (Å²) in [5.74, 6) is 0.510. The van der Waals surface area contributed by atoms with Gasteiger partial charge in [0, 0.05) is 32.2 Å². The molecule has 136 valence electrons. The molecule has 0 aliphatic carbocycles. The first-order valence-corrected chi connectivity index (χ1v) is 8.54. The second kappa shape index (κ2) is 7.21. The molecule has 2 aromatic heterocycles. The van der Waals surface area contributed by atoms with Crippen molar-refractivity contribution < 1.29 is 0 Å². The van der Waals surface area contributed by atoms with Gasteiger partial charge in [-0.05, 0) is 12.5 Å². The van der Waals surface area contributed by atoms with Crippen LogP contribution in [0.3, 0.4) is 0 Å². The molecule has 0 amide bonds. The van der Waals surface area contributed by atoms with Crippen LogP contribution < -0.4 is 16.6 Å². The van der Waals surface area contributed by atoms with E-state index in [1.54, 1.807) is 24.6 Å². The number of imidazole rings is 1. The van der Waals surface area contributed by atoms with E-state index in [-0.39, 0.29) is 5.56 Å². The first-order valence-electron chi connectivity index (χ1n) is 8.16. The molecule has 0 atom stereocenters. The Labute approximate surface area is 155 Å². The maximum Gasteiger partial charge on any atom is 0.332 e. The molecule has 26 heavy (non-hydrogen) atoms. The molecule has 0 saturated carbocycles. The third-order valence-electron chi connectivity index (χ3n) is 4.20. The Hall–Kier alpha value is -2.80. The van der Waals surface area contributed by atoms with Gasteiger partial charge in [0.05, 0.1) is 0 Å². The van der Waals surface area contributed by atoms with Crippen LogP contribution in [-0.4, -0.2) is 18.7 Å². The van der Waals surface area contributed by atoms with Crippen molar-refractivity contribution in [2.45, 2.75) is 20.0 Å². The highest BCUT2D eigenvalue weighted by Gasteiger charge is 2.18. The number of benzene rings is 1. The molecule has 8 heteroatoms. The molecule has 7 nitrogen and oxygen atoms in total. The Bertz CT molecular complexity index is 1090. The van der Waals surface area contributed by atoms with E-state index in [0.29, 0.717) is 35.2 Å². The van der Waals surface area contributed by atoms with Crippen molar-refractivity contribution in [1.82, 2.24) is 18.7 Å². The summed E-state index contributed by atoms with van der Waals surface area (Å²) in [6.45, 7) is 2.68. The van der Waals surface area contributed by atoms with Crippen LogP contribution in [0.4, 0.5) is 5.95 Å². The fraction of sp³-hybridized carbons (Fsp3) is 0.278. The van der Waals surface area contributed by atoms with Crippen molar-refractivity contribution in [1.29, 1.82) is 0 Å². The fourth-order valence-corrected chi connectivity index (χ4v) is 2.82. The van der Waals surface area contributed by atoms with Crippen molar-refractivity contribution in [3.8, 4) is 0 Å². The number of nitrogens with zero attached hydrogens (tertiary/aromatic N) is 4. The monoisotopic (exact) mass is 373 g/mol. The Kier molecular flexibility index (Phi) is 4.99. The molecule has 3 rings (SSSR count). The van der Waals surface area contributed by atoms with E-state index in [9.17, 15) is 9.59 Å². The highest BCUT2D eigenvalue weighted by Crippen LogP contribution is 2.17. The van der Waals surface area contributed by atoms with Crippen molar-refractivity contribution in [2.24, 2.45) is 14.1 Å². The number of aryl methyl sites for hydroxylation is 1. The van der Waals surface area contributed by atoms with Crippen LogP contribution in [0.5, 0.6) is 0 Å². The molecule has 2 heterocycles. The van der Waals surface area contributed by atoms with Crippen molar-refractivity contribution in [3.05, 3.63) is 67.8 Å². The van der Waals surface area contributed by atoms with Crippen LogP contribution in [0.2, 0.25) is 0 Å². The van der Waals surface area contributed by atoms with Crippen molar-refractivity contribution in [2.75, 3.05) is 5.32 Å². The molecule has 0 aliphatic heterocycles. The molecule has 0 unspecified atom stereocenters. The van der Waals surface area contributed by atoms with Gasteiger partial charge in [-0.2, -0.15) is 4.98 Å². The Morgan fingerprint density at radius 1 is 1.19 bits per heavy atom. The van der Waals surface area contributed by atoms with E-state index in [1.165, 1.54) is 11.6 Å². The second-order valence-electron chi connectivity index (χ2n) is 6.05. The zero-order valence-electron chi connectivity index (χ0n) is 14.9. The highest BCUT2D eigenvalue weighted by molar-refractivity contribution is 6.29. The highest BCUT2D eigenvalue weighted by atomic mass is 35.5. The number of allylic oxidation sites excluding steroid dienone is 2. The van der Waals surface area contributed by atoms with Crippen molar-refractivity contribution >= 4 is 28.7 Å². The summed E-state index contributed by atoms with van der Waals surface area (Å²) in [6, 6.07) is 9.86. The number of hydrogen-bond donors (Lipinski definition) is 1. The minimum Gasteiger partial charge on any atom is -0.351 e. The molecule has 1 aromatic carbocycles. The van der Waals surface area contributed by atoms with Gasteiger partial charge in [-0.1, -0.05) is 48.0 Å². The van der Waals surface area contributed by atoms with Crippen LogP contribution in [0, 0.1) is 0 Å². The van der Waals surface area contributed by atoms with Gasteiger partial charge in [0.25, 0.3) is 5.56 Å². The second-order valence-corrected chi connectivity index (χ2v) is 6.65. The average molecular weight is 374 g/mol. The Morgan fingerprint density at radius 2 is 1.88 bits per heavy atom. The molecule has 1 N–H and O–H groups in total. The van der Waals surface area contributed by atoms with Gasteiger partial charge in [0.1, 0.15) is 0 Å². The van der Waals surface area contributed by atoms with Gasteiger partial charge >= 0.3 is 5.69 Å². The third kappa shape index (κ3) is 3.30. The van der Waals surface area contributed by atoms with Crippen LogP contribution in [0.25, 0.3) is 11.2 Å². The van der Waals surface area contributed by atoms with Crippen LogP contribution in [-0.2, 0) is 27.2 Å². The Balaban J connectivity index is 2.14. The van der Waals surface area contributed by atoms with Gasteiger partial charge in [0.15, 0.2) is 11.2 Å². The average Bonchev–Trinajstić information content (AvgIpc) is 3.00. The van der Waals surface area contributed by atoms with Crippen LogP contribution in [0.1, 0.15) is 12.5 Å². The van der Waals surface area contributed by atoms with Gasteiger partial charge < -0.3 is 9.88 Å². The molecule has 0 radical (unpaired) electrons. The minimum absolute atomic E-state index is 0.342. The zero-order chi connectivity index (χ0) is 18.8. The molecule has 0 fully saturated rings. The summed E-state index contributed by atoms with van der Waals surface area (Å²) >= 11 is 5.97. The number of rotatable bonds is 5. The largest absolute Gasteiger partial charge is 0.351 e. The summed E-state index contributed by atoms with van der Waals surface area (Å²) in [5, 5.41) is 3.87. The number of nitrogens with one attached hydrogen (secondary N) is 1. The van der Waals surface area contributed by atoms with E-state index in [2.05, 4.69) is 10.3 Å². The zero-order valence-corrected chi connectivity index (χ0v) is 15.6. The van der Waals surface area contributed by atoms with Crippen LogP contribution >= 0.6 is 11.6 Å². The first-order chi connectivity index (χ1) is 12.4. The first kappa shape index (κ1) is 18.0. The molecule has 0 saturated heterocycles. The number of fused-ring (bicyclic) bond motifs is 1. The van der Waals surface area contributed by atoms with Gasteiger partial charge in [-0.25, -0.2) is 4.79 Å². The maximum absolute atomic E-state index is 12.7. The number of anilines is 1. The quantitative estimate of drug-likeness (QED) is 0.744. The molecule has 3 aromatic rings. The normalized spacial score (nSPS) is 11.9. The smallest absolute Gasteiger partial charge is 0.332 e. The molecular weight excluding hydrogens is 354 g/mol. The fourth-order valence-electron chi connectivity index (χ4n) is 2.75. The molecule has 0 spiro atoms. The van der Waals surface area contributed by atoms with E-state index in [0.717, 1.165) is 10.1 Å². The summed E-state index contributed by atoms with van der Waals surface area (Å²) < 4.78 is 4.20. The van der Waals surface area contributed by atoms with E-state index in [4.69, 9.17) is 11.6 Å². The summed E-state index contributed by atoms with van der Waals surface area (Å²) in [6.07, 6.45) is 1.79. The predicted octanol–water partition coefficient (Wildman–Crippen LogP) is 2.19. The van der Waals surface area contributed by atoms with E-state index < -0.39 is 5.69 Å². The van der Waals surface area contributed by atoms with Gasteiger partial charge in [-0.15, -0.1) is 0 Å². The summed E-state index contributed by atoms with van der Waals surface area (Å²) in [5.41, 5.74) is 0.986. The predicted molar refractivity (Wildman–Crippen MR) is 104 cm³/mol. The van der Waals surface area contributed by atoms with Crippen molar-refractivity contribution in [3.63, 3.8) is 0 Å². The maximum atomic E-state index is 12.7. The minimum atomic E-state index is -0.411. The SMILES string of the molecule is C/C(Cl)=C\Cn1c(NCc2ccccc2)nc2c1c(=O)n(C)c(=O)n2C. The third-order valence-corrected chi connectivity index (χ3v) is 4.35.